The topological polar surface area (TPSA) is 139 Å². The number of ether oxygens (including phenoxy) is 2. The Kier molecular flexibility index (Phi) is 9.61. The van der Waals surface area contributed by atoms with Crippen LogP contribution in [0.5, 0.6) is 6.01 Å². The van der Waals surface area contributed by atoms with E-state index in [0.717, 1.165) is 22.9 Å². The molecule has 0 spiro atoms. The first-order valence-electron chi connectivity index (χ1n) is 15.3. The van der Waals surface area contributed by atoms with Gasteiger partial charge < -0.3 is 25.4 Å². The van der Waals surface area contributed by atoms with E-state index in [1.54, 1.807) is 29.6 Å². The van der Waals surface area contributed by atoms with Crippen LogP contribution in [0.1, 0.15) is 36.8 Å². The fourth-order valence-electron chi connectivity index (χ4n) is 5.53. The van der Waals surface area contributed by atoms with Gasteiger partial charge in [0, 0.05) is 54.5 Å². The molecule has 2 aliphatic rings. The van der Waals surface area contributed by atoms with Gasteiger partial charge in [0.25, 0.3) is 0 Å². The minimum atomic E-state index is -4.59. The van der Waals surface area contributed by atoms with Crippen LogP contribution in [0.4, 0.5) is 35.5 Å². The van der Waals surface area contributed by atoms with Gasteiger partial charge >= 0.3 is 18.2 Å². The van der Waals surface area contributed by atoms with Gasteiger partial charge in [0.2, 0.25) is 5.95 Å². The zero-order valence-corrected chi connectivity index (χ0v) is 25.6. The Morgan fingerprint density at radius 3 is 2.23 bits per heavy atom. The molecular formula is C32H34F3N9O3. The van der Waals surface area contributed by atoms with Gasteiger partial charge in [0.1, 0.15) is 17.2 Å². The maximum absolute atomic E-state index is 13.7. The van der Waals surface area contributed by atoms with Crippen molar-refractivity contribution in [1.29, 1.82) is 0 Å². The highest BCUT2D eigenvalue weighted by Gasteiger charge is 2.37. The van der Waals surface area contributed by atoms with Crippen molar-refractivity contribution in [2.75, 3.05) is 35.9 Å². The van der Waals surface area contributed by atoms with Crippen molar-refractivity contribution in [3.63, 3.8) is 0 Å². The molecule has 1 aliphatic carbocycles. The SMILES string of the molecule is COc1ncc(-c2ccc(N(C(=O)NCc3ccccc3)[C@H]3CC[C@H](Nc4ncc(C(F)(F)F)c(NC5COC5)n4)CC3)nc2)cn1. The quantitative estimate of drug-likeness (QED) is 0.207. The number of alkyl halides is 3. The van der Waals surface area contributed by atoms with Crippen LogP contribution < -0.4 is 25.6 Å². The summed E-state index contributed by atoms with van der Waals surface area (Å²) >= 11 is 0. The number of rotatable bonds is 10. The monoisotopic (exact) mass is 649 g/mol. The summed E-state index contributed by atoms with van der Waals surface area (Å²) in [7, 11) is 1.50. The standard InChI is InChI=1S/C32H34F3N9O3/c1-46-30-38-15-22(16-39-30)21-7-12-27(36-14-21)44(31(45)40-13-20-5-3-2-4-6-20)25-10-8-23(9-11-25)42-29-37-17-26(32(33,34)35)28(43-29)41-24-18-47-19-24/h2-7,12,14-17,23-25H,8-11,13,18-19H2,1H3,(H,40,45)(H2,37,41,42,43)/t23-,25-. The van der Waals surface area contributed by atoms with Crippen molar-refractivity contribution >= 4 is 23.6 Å². The lowest BCUT2D eigenvalue weighted by Gasteiger charge is -2.36. The zero-order chi connectivity index (χ0) is 32.8. The number of halogens is 3. The molecule has 4 aromatic rings. The Balaban J connectivity index is 1.15. The van der Waals surface area contributed by atoms with Crippen molar-refractivity contribution in [3.05, 3.63) is 78.4 Å². The fourth-order valence-corrected chi connectivity index (χ4v) is 5.53. The summed E-state index contributed by atoms with van der Waals surface area (Å²) < 4.78 is 50.9. The number of carbonyl (C=O) groups is 1. The highest BCUT2D eigenvalue weighted by molar-refractivity contribution is 5.91. The largest absolute Gasteiger partial charge is 0.467 e. The molecule has 2 fully saturated rings. The van der Waals surface area contributed by atoms with Gasteiger partial charge in [-0.15, -0.1) is 0 Å². The van der Waals surface area contributed by atoms with Crippen LogP contribution in [-0.2, 0) is 17.5 Å². The number of hydrogen-bond acceptors (Lipinski definition) is 10. The third kappa shape index (κ3) is 7.85. The molecule has 0 radical (unpaired) electrons. The van der Waals surface area contributed by atoms with Crippen molar-refractivity contribution in [2.45, 2.75) is 56.5 Å². The molecule has 0 unspecified atom stereocenters. The molecule has 4 heterocycles. The second-order valence-electron chi connectivity index (χ2n) is 11.4. The predicted octanol–water partition coefficient (Wildman–Crippen LogP) is 5.31. The van der Waals surface area contributed by atoms with E-state index in [4.69, 9.17) is 9.47 Å². The lowest BCUT2D eigenvalue weighted by Crippen LogP contribution is -2.49. The van der Waals surface area contributed by atoms with Gasteiger partial charge in [-0.2, -0.15) is 18.2 Å². The molecule has 1 aliphatic heterocycles. The number of anilines is 3. The Morgan fingerprint density at radius 2 is 1.62 bits per heavy atom. The van der Waals surface area contributed by atoms with Crippen LogP contribution in [0.15, 0.2) is 67.3 Å². The fraction of sp³-hybridized carbons (Fsp3) is 0.375. The van der Waals surface area contributed by atoms with E-state index in [-0.39, 0.29) is 41.9 Å². The van der Waals surface area contributed by atoms with E-state index in [0.29, 0.717) is 51.3 Å². The molecule has 1 saturated heterocycles. The van der Waals surface area contributed by atoms with E-state index in [1.807, 2.05) is 36.4 Å². The number of pyridine rings is 1. The number of hydrogen-bond donors (Lipinski definition) is 3. The Bertz CT molecular complexity index is 1630. The van der Waals surface area contributed by atoms with Crippen LogP contribution in [-0.4, -0.2) is 69.4 Å². The first-order chi connectivity index (χ1) is 22.8. The van der Waals surface area contributed by atoms with E-state index < -0.39 is 11.7 Å². The summed E-state index contributed by atoms with van der Waals surface area (Å²) in [6.07, 6.45) is 3.68. The molecule has 15 heteroatoms. The molecule has 246 valence electrons. The minimum absolute atomic E-state index is 0.0949. The van der Waals surface area contributed by atoms with Gasteiger partial charge in [-0.05, 0) is 43.4 Å². The summed E-state index contributed by atoms with van der Waals surface area (Å²) in [6, 6.07) is 12.8. The van der Waals surface area contributed by atoms with Gasteiger partial charge in [-0.1, -0.05) is 30.3 Å². The second kappa shape index (κ2) is 14.2. The number of nitrogens with zero attached hydrogens (tertiary/aromatic N) is 6. The zero-order valence-electron chi connectivity index (χ0n) is 25.6. The molecule has 0 bridgehead atoms. The first kappa shape index (κ1) is 31.9. The molecular weight excluding hydrogens is 615 g/mol. The molecule has 12 nitrogen and oxygen atoms in total. The van der Waals surface area contributed by atoms with Gasteiger partial charge in [0.15, 0.2) is 0 Å². The number of carbonyl (C=O) groups excluding carboxylic acids is 1. The molecule has 2 amide bonds. The lowest BCUT2D eigenvalue weighted by atomic mass is 9.90. The van der Waals surface area contributed by atoms with Gasteiger partial charge in [-0.3, -0.25) is 4.90 Å². The van der Waals surface area contributed by atoms with Crippen molar-refractivity contribution in [3.8, 4) is 17.1 Å². The number of benzene rings is 1. The lowest BCUT2D eigenvalue weighted by molar-refractivity contribution is -0.137. The van der Waals surface area contributed by atoms with Crippen molar-refractivity contribution < 1.29 is 27.4 Å². The van der Waals surface area contributed by atoms with Crippen LogP contribution in [0, 0.1) is 0 Å². The van der Waals surface area contributed by atoms with Crippen LogP contribution in [0.25, 0.3) is 11.1 Å². The molecule has 3 aromatic heterocycles. The average Bonchev–Trinajstić information content (AvgIpc) is 3.07. The summed E-state index contributed by atoms with van der Waals surface area (Å²) in [6.45, 7) is 0.983. The number of methoxy groups -OCH3 is 1. The third-order valence-electron chi connectivity index (χ3n) is 8.11. The first-order valence-corrected chi connectivity index (χ1v) is 15.3. The number of nitrogens with one attached hydrogen (secondary N) is 3. The van der Waals surface area contributed by atoms with E-state index in [1.165, 1.54) is 7.11 Å². The van der Waals surface area contributed by atoms with E-state index in [9.17, 15) is 18.0 Å². The molecule has 0 atom stereocenters. The number of amides is 2. The number of aromatic nitrogens is 5. The van der Waals surface area contributed by atoms with Crippen molar-refractivity contribution in [1.82, 2.24) is 30.2 Å². The van der Waals surface area contributed by atoms with E-state index in [2.05, 4.69) is 40.9 Å². The Labute approximate surface area is 269 Å². The van der Waals surface area contributed by atoms with Crippen LogP contribution in [0.2, 0.25) is 0 Å². The second-order valence-corrected chi connectivity index (χ2v) is 11.4. The summed E-state index contributed by atoms with van der Waals surface area (Å²) in [5.41, 5.74) is 1.58. The maximum Gasteiger partial charge on any atom is 0.421 e. The predicted molar refractivity (Wildman–Crippen MR) is 168 cm³/mol. The average molecular weight is 650 g/mol. The Morgan fingerprint density at radius 1 is 0.894 bits per heavy atom. The van der Waals surface area contributed by atoms with Crippen molar-refractivity contribution in [2.24, 2.45) is 0 Å². The summed E-state index contributed by atoms with van der Waals surface area (Å²) in [5, 5.41) is 9.05. The smallest absolute Gasteiger partial charge is 0.421 e. The van der Waals surface area contributed by atoms with Crippen LogP contribution >= 0.6 is 0 Å². The molecule has 1 aromatic carbocycles. The third-order valence-corrected chi connectivity index (χ3v) is 8.11. The van der Waals surface area contributed by atoms with Crippen LogP contribution in [0.3, 0.4) is 0 Å². The molecule has 6 rings (SSSR count). The number of urea groups is 1. The van der Waals surface area contributed by atoms with Gasteiger partial charge in [-0.25, -0.2) is 24.7 Å². The van der Waals surface area contributed by atoms with Gasteiger partial charge in [0.05, 0.1) is 26.4 Å². The summed E-state index contributed by atoms with van der Waals surface area (Å²) in [5.74, 6) is 0.335. The minimum Gasteiger partial charge on any atom is -0.467 e. The summed E-state index contributed by atoms with van der Waals surface area (Å²) in [4.78, 5) is 36.4. The maximum atomic E-state index is 13.7. The highest BCUT2D eigenvalue weighted by atomic mass is 19.4. The Hall–Kier alpha value is -5.05. The molecule has 3 N–H and O–H groups in total. The molecule has 1 saturated carbocycles. The highest BCUT2D eigenvalue weighted by Crippen LogP contribution is 2.35. The molecule has 47 heavy (non-hydrogen) atoms. The normalized spacial score (nSPS) is 18.1. The van der Waals surface area contributed by atoms with E-state index >= 15 is 0 Å².